The van der Waals surface area contributed by atoms with E-state index in [1.165, 1.54) is 19.3 Å². The summed E-state index contributed by atoms with van der Waals surface area (Å²) in [6.45, 7) is 7.01. The van der Waals surface area contributed by atoms with Crippen LogP contribution >= 0.6 is 0 Å². The minimum absolute atomic E-state index is 0.0972. The highest BCUT2D eigenvalue weighted by Crippen LogP contribution is 2.60. The second-order valence-corrected chi connectivity index (χ2v) is 10.9. The summed E-state index contributed by atoms with van der Waals surface area (Å²) >= 11 is 0. The zero-order valence-electron chi connectivity index (χ0n) is 19.2. The van der Waals surface area contributed by atoms with E-state index in [2.05, 4.69) is 39.1 Å². The molecule has 5 aliphatic rings. The van der Waals surface area contributed by atoms with Gasteiger partial charge in [0.05, 0.1) is 30.3 Å². The molecule has 1 aliphatic heterocycles. The van der Waals surface area contributed by atoms with Gasteiger partial charge in [-0.1, -0.05) is 0 Å². The van der Waals surface area contributed by atoms with Gasteiger partial charge in [-0.05, 0) is 70.1 Å². The van der Waals surface area contributed by atoms with Crippen LogP contribution in [0.25, 0.3) is 11.0 Å². The number of rotatable bonds is 5. The third-order valence-electron chi connectivity index (χ3n) is 8.26. The molecule has 0 spiro atoms. The van der Waals surface area contributed by atoms with E-state index in [4.69, 9.17) is 4.74 Å². The molecular formula is C24H34N6O2. The second-order valence-electron chi connectivity index (χ2n) is 10.9. The summed E-state index contributed by atoms with van der Waals surface area (Å²) in [6, 6.07) is 0. The molecule has 5 fully saturated rings. The lowest BCUT2D eigenvalue weighted by molar-refractivity contribution is -0.146. The Hall–Kier alpha value is -2.22. The Labute approximate surface area is 189 Å². The fourth-order valence-corrected chi connectivity index (χ4v) is 7.50. The summed E-state index contributed by atoms with van der Waals surface area (Å²) in [4.78, 5) is 24.6. The lowest BCUT2D eigenvalue weighted by atomic mass is 9.49. The number of fused-ring (bicyclic) bond motifs is 1. The van der Waals surface area contributed by atoms with Crippen molar-refractivity contribution in [3.05, 3.63) is 12.5 Å². The number of anilines is 1. The highest BCUT2D eigenvalue weighted by atomic mass is 16.5. The molecule has 0 aromatic carbocycles. The molecule has 1 N–H and O–H groups in total. The van der Waals surface area contributed by atoms with Gasteiger partial charge in [-0.15, -0.1) is 0 Å². The summed E-state index contributed by atoms with van der Waals surface area (Å²) in [6.07, 6.45) is 11.2. The largest absolute Gasteiger partial charge is 0.372 e. The SMILES string of the molecule is CC1CN(c2ncnc3c2cnn3CCNC(=O)C23CC4CC(CC(C4)C2)C3)CC(C)O1. The lowest BCUT2D eigenvalue weighted by Crippen LogP contribution is -2.53. The highest BCUT2D eigenvalue weighted by molar-refractivity contribution is 5.87. The van der Waals surface area contributed by atoms with Gasteiger partial charge in [-0.2, -0.15) is 5.10 Å². The molecule has 2 aromatic heterocycles. The Morgan fingerprint density at radius 2 is 1.75 bits per heavy atom. The molecule has 1 amide bonds. The summed E-state index contributed by atoms with van der Waals surface area (Å²) in [5.41, 5.74) is 0.728. The van der Waals surface area contributed by atoms with Crippen molar-refractivity contribution in [1.82, 2.24) is 25.1 Å². The van der Waals surface area contributed by atoms with Gasteiger partial charge in [0.25, 0.3) is 0 Å². The van der Waals surface area contributed by atoms with Gasteiger partial charge in [0, 0.05) is 25.0 Å². The molecule has 172 valence electrons. The molecule has 7 rings (SSSR count). The highest BCUT2D eigenvalue weighted by Gasteiger charge is 2.54. The van der Waals surface area contributed by atoms with Gasteiger partial charge in [0.1, 0.15) is 12.1 Å². The topological polar surface area (TPSA) is 85.2 Å². The monoisotopic (exact) mass is 438 g/mol. The summed E-state index contributed by atoms with van der Waals surface area (Å²) < 4.78 is 7.77. The minimum atomic E-state index is -0.0972. The van der Waals surface area contributed by atoms with E-state index >= 15 is 0 Å². The molecular weight excluding hydrogens is 404 g/mol. The van der Waals surface area contributed by atoms with Crippen molar-refractivity contribution in [1.29, 1.82) is 0 Å². The molecule has 8 nitrogen and oxygen atoms in total. The Morgan fingerprint density at radius 1 is 1.09 bits per heavy atom. The molecule has 32 heavy (non-hydrogen) atoms. The fourth-order valence-electron chi connectivity index (χ4n) is 7.50. The van der Waals surface area contributed by atoms with E-state index in [-0.39, 0.29) is 23.5 Å². The van der Waals surface area contributed by atoms with Crippen molar-refractivity contribution in [2.45, 2.75) is 71.1 Å². The number of hydrogen-bond donors (Lipinski definition) is 1. The molecule has 0 radical (unpaired) electrons. The molecule has 4 bridgehead atoms. The first-order valence-electron chi connectivity index (χ1n) is 12.3. The Balaban J connectivity index is 1.13. The molecule has 8 heteroatoms. The maximum Gasteiger partial charge on any atom is 0.226 e. The van der Waals surface area contributed by atoms with E-state index in [1.54, 1.807) is 6.33 Å². The Bertz CT molecular complexity index is 974. The van der Waals surface area contributed by atoms with Gasteiger partial charge in [0.2, 0.25) is 5.91 Å². The first-order valence-corrected chi connectivity index (χ1v) is 12.3. The van der Waals surface area contributed by atoms with Crippen LogP contribution in [-0.2, 0) is 16.1 Å². The van der Waals surface area contributed by atoms with Crippen LogP contribution in [0.4, 0.5) is 5.82 Å². The van der Waals surface area contributed by atoms with Crippen molar-refractivity contribution < 1.29 is 9.53 Å². The number of nitrogens with one attached hydrogen (secondary N) is 1. The van der Waals surface area contributed by atoms with Crippen LogP contribution in [0.5, 0.6) is 0 Å². The summed E-state index contributed by atoms with van der Waals surface area (Å²) in [5, 5.41) is 8.80. The normalized spacial score (nSPS) is 36.1. The molecule has 2 atom stereocenters. The van der Waals surface area contributed by atoms with Crippen LogP contribution in [0.15, 0.2) is 12.5 Å². The number of ether oxygens (including phenoxy) is 1. The molecule has 2 unspecified atom stereocenters. The van der Waals surface area contributed by atoms with Gasteiger partial charge in [0.15, 0.2) is 5.65 Å². The van der Waals surface area contributed by atoms with Crippen molar-refractivity contribution in [3.63, 3.8) is 0 Å². The first-order chi connectivity index (χ1) is 15.5. The molecule has 3 heterocycles. The van der Waals surface area contributed by atoms with E-state index in [0.717, 1.165) is 67.0 Å². The predicted octanol–water partition coefficient (Wildman–Crippen LogP) is 2.77. The summed E-state index contributed by atoms with van der Waals surface area (Å²) in [7, 11) is 0. The van der Waals surface area contributed by atoms with Crippen LogP contribution in [-0.4, -0.2) is 57.5 Å². The van der Waals surface area contributed by atoms with Crippen molar-refractivity contribution in [2.24, 2.45) is 23.2 Å². The van der Waals surface area contributed by atoms with Crippen LogP contribution in [0.1, 0.15) is 52.4 Å². The van der Waals surface area contributed by atoms with Crippen molar-refractivity contribution in [2.75, 3.05) is 24.5 Å². The number of morpholine rings is 1. The van der Waals surface area contributed by atoms with Crippen LogP contribution in [0.3, 0.4) is 0 Å². The van der Waals surface area contributed by atoms with Gasteiger partial charge in [-0.25, -0.2) is 14.6 Å². The second kappa shape index (κ2) is 7.68. The zero-order valence-corrected chi connectivity index (χ0v) is 19.2. The van der Waals surface area contributed by atoms with Gasteiger partial charge >= 0.3 is 0 Å². The van der Waals surface area contributed by atoms with E-state index < -0.39 is 0 Å². The lowest BCUT2D eigenvalue weighted by Gasteiger charge is -2.55. The molecule has 4 aliphatic carbocycles. The molecule has 4 saturated carbocycles. The number of amides is 1. The van der Waals surface area contributed by atoms with Crippen molar-refractivity contribution >= 4 is 22.8 Å². The number of nitrogens with zero attached hydrogens (tertiary/aromatic N) is 5. The van der Waals surface area contributed by atoms with Crippen LogP contribution in [0.2, 0.25) is 0 Å². The summed E-state index contributed by atoms with van der Waals surface area (Å²) in [5.74, 6) is 3.54. The van der Waals surface area contributed by atoms with Crippen LogP contribution in [0, 0.1) is 23.2 Å². The number of aromatic nitrogens is 4. The molecule has 1 saturated heterocycles. The standard InChI is InChI=1S/C24H34N6O2/c1-15-12-29(13-16(2)32-15)21-20-11-28-30(22(20)27-14-26-21)4-3-25-23(31)24-8-17-5-18(9-24)7-19(6-17)10-24/h11,14-19H,3-10,12-13H2,1-2H3,(H,25,31). The number of carbonyl (C=O) groups excluding carboxylic acids is 1. The van der Waals surface area contributed by atoms with E-state index in [0.29, 0.717) is 13.1 Å². The van der Waals surface area contributed by atoms with Crippen LogP contribution < -0.4 is 10.2 Å². The molecule has 2 aromatic rings. The van der Waals surface area contributed by atoms with Crippen molar-refractivity contribution in [3.8, 4) is 0 Å². The third kappa shape index (κ3) is 3.47. The number of hydrogen-bond acceptors (Lipinski definition) is 6. The average Bonchev–Trinajstić information content (AvgIpc) is 3.15. The number of carbonyl (C=O) groups is 1. The Morgan fingerprint density at radius 3 is 2.41 bits per heavy atom. The van der Waals surface area contributed by atoms with Gasteiger partial charge in [-0.3, -0.25) is 4.79 Å². The fraction of sp³-hybridized carbons (Fsp3) is 0.750. The average molecular weight is 439 g/mol. The first kappa shape index (κ1) is 20.4. The predicted molar refractivity (Wildman–Crippen MR) is 121 cm³/mol. The maximum atomic E-state index is 13.2. The minimum Gasteiger partial charge on any atom is -0.372 e. The van der Waals surface area contributed by atoms with Gasteiger partial charge < -0.3 is 15.0 Å². The smallest absolute Gasteiger partial charge is 0.226 e. The Kier molecular flexibility index (Phi) is 4.89. The van der Waals surface area contributed by atoms with E-state index in [9.17, 15) is 4.79 Å². The quantitative estimate of drug-likeness (QED) is 0.773. The zero-order chi connectivity index (χ0) is 21.9. The third-order valence-corrected chi connectivity index (χ3v) is 8.26. The maximum absolute atomic E-state index is 13.2. The van der Waals surface area contributed by atoms with E-state index in [1.807, 2.05) is 10.9 Å².